The Hall–Kier alpha value is -2.56. The summed E-state index contributed by atoms with van der Waals surface area (Å²) in [6, 6.07) is 0. The van der Waals surface area contributed by atoms with Crippen LogP contribution in [-0.4, -0.2) is 11.9 Å². The number of carbonyl (C=O) groups is 2. The Morgan fingerprint density at radius 1 is 1.36 bits per heavy atom. The van der Waals surface area contributed by atoms with E-state index in [0.717, 1.165) is 34.1 Å². The Labute approximate surface area is 146 Å². The van der Waals surface area contributed by atoms with E-state index in [4.69, 9.17) is 13.9 Å². The highest BCUT2D eigenvalue weighted by Gasteiger charge is 2.28. The average Bonchev–Trinajstić information content (AvgIpc) is 2.96. The van der Waals surface area contributed by atoms with Crippen molar-refractivity contribution in [3.63, 3.8) is 0 Å². The van der Waals surface area contributed by atoms with Gasteiger partial charge in [0.1, 0.15) is 6.61 Å². The van der Waals surface area contributed by atoms with Gasteiger partial charge in [-0.2, -0.15) is 0 Å². The Bertz CT molecular complexity index is 872. The number of allylic oxidation sites excluding steroid dienone is 1. The minimum Gasteiger partial charge on any atom is -0.461 e. The number of aryl methyl sites for hydroxylation is 1. The van der Waals surface area contributed by atoms with Gasteiger partial charge in [0.25, 0.3) is 0 Å². The van der Waals surface area contributed by atoms with Crippen molar-refractivity contribution < 1.29 is 23.5 Å². The topological polar surface area (TPSA) is 65.7 Å². The van der Waals surface area contributed by atoms with Gasteiger partial charge in [0.2, 0.25) is 0 Å². The second kappa shape index (κ2) is 6.75. The number of hydrogen-bond donors (Lipinski definition) is 0. The van der Waals surface area contributed by atoms with Gasteiger partial charge in [-0.1, -0.05) is 26.0 Å². The monoisotopic (exact) mass is 342 g/mol. The number of furan rings is 1. The van der Waals surface area contributed by atoms with Gasteiger partial charge in [0.15, 0.2) is 11.3 Å². The Balaban J connectivity index is 2.31. The fraction of sp³-hybridized carbons (Fsp3) is 0.400. The molecule has 5 heteroatoms. The highest BCUT2D eigenvalue weighted by atomic mass is 16.5. The molecule has 5 nitrogen and oxygen atoms in total. The standard InChI is InChI=1S/C20H22O5/c1-5-16(22)25-19-14-8-6-7-11(2)17(14)15(10-23-13(4)21)18-12(3)9-24-20(18)19/h6,8-9,11H,5,7,10H2,1-4H3. The summed E-state index contributed by atoms with van der Waals surface area (Å²) in [5, 5.41) is 0.862. The molecule has 1 aromatic carbocycles. The van der Waals surface area contributed by atoms with E-state index in [1.165, 1.54) is 6.92 Å². The summed E-state index contributed by atoms with van der Waals surface area (Å²) in [4.78, 5) is 23.3. The van der Waals surface area contributed by atoms with Crippen LogP contribution in [-0.2, 0) is 20.9 Å². The Kier molecular flexibility index (Phi) is 4.66. The van der Waals surface area contributed by atoms with Crippen LogP contribution in [0.2, 0.25) is 0 Å². The summed E-state index contributed by atoms with van der Waals surface area (Å²) < 4.78 is 16.7. The lowest BCUT2D eigenvalue weighted by atomic mass is 9.82. The highest BCUT2D eigenvalue weighted by molar-refractivity contribution is 5.96. The van der Waals surface area contributed by atoms with Crippen LogP contribution in [0, 0.1) is 6.92 Å². The van der Waals surface area contributed by atoms with Crippen LogP contribution in [0.15, 0.2) is 16.8 Å². The number of esters is 2. The predicted molar refractivity (Wildman–Crippen MR) is 94.4 cm³/mol. The molecule has 0 fully saturated rings. The van der Waals surface area contributed by atoms with Gasteiger partial charge in [0, 0.05) is 29.9 Å². The lowest BCUT2D eigenvalue weighted by Gasteiger charge is -2.24. The first-order valence-electron chi connectivity index (χ1n) is 8.51. The zero-order valence-electron chi connectivity index (χ0n) is 15.0. The average molecular weight is 342 g/mol. The summed E-state index contributed by atoms with van der Waals surface area (Å²) in [7, 11) is 0. The van der Waals surface area contributed by atoms with Crippen LogP contribution < -0.4 is 4.74 Å². The van der Waals surface area contributed by atoms with E-state index in [1.807, 2.05) is 13.0 Å². The van der Waals surface area contributed by atoms with Crippen LogP contribution in [0.25, 0.3) is 17.0 Å². The second-order valence-corrected chi connectivity index (χ2v) is 6.40. The Morgan fingerprint density at radius 3 is 2.80 bits per heavy atom. The summed E-state index contributed by atoms with van der Waals surface area (Å²) in [6.07, 6.45) is 6.83. The van der Waals surface area contributed by atoms with E-state index in [1.54, 1.807) is 13.2 Å². The summed E-state index contributed by atoms with van der Waals surface area (Å²) in [6.45, 7) is 7.38. The van der Waals surface area contributed by atoms with E-state index in [9.17, 15) is 9.59 Å². The lowest BCUT2D eigenvalue weighted by molar-refractivity contribution is -0.142. The molecule has 2 aromatic rings. The first-order valence-corrected chi connectivity index (χ1v) is 8.51. The number of hydrogen-bond acceptors (Lipinski definition) is 5. The third-order valence-electron chi connectivity index (χ3n) is 4.53. The van der Waals surface area contributed by atoms with Crippen molar-refractivity contribution in [1.82, 2.24) is 0 Å². The second-order valence-electron chi connectivity index (χ2n) is 6.40. The van der Waals surface area contributed by atoms with Gasteiger partial charge < -0.3 is 13.9 Å². The molecule has 0 saturated carbocycles. The molecule has 0 bridgehead atoms. The van der Waals surface area contributed by atoms with Gasteiger partial charge in [-0.25, -0.2) is 0 Å². The van der Waals surface area contributed by atoms with E-state index < -0.39 is 0 Å². The van der Waals surface area contributed by atoms with Gasteiger partial charge >= 0.3 is 11.9 Å². The third kappa shape index (κ3) is 3.06. The molecule has 0 amide bonds. The lowest BCUT2D eigenvalue weighted by Crippen LogP contribution is -2.13. The maximum absolute atomic E-state index is 11.9. The largest absolute Gasteiger partial charge is 0.461 e. The van der Waals surface area contributed by atoms with Crippen molar-refractivity contribution in [3.05, 3.63) is 34.6 Å². The van der Waals surface area contributed by atoms with Crippen LogP contribution >= 0.6 is 0 Å². The molecule has 1 heterocycles. The molecule has 1 unspecified atom stereocenters. The van der Waals surface area contributed by atoms with Crippen LogP contribution in [0.5, 0.6) is 5.75 Å². The number of fused-ring (bicyclic) bond motifs is 2. The minimum absolute atomic E-state index is 0.175. The summed E-state index contributed by atoms with van der Waals surface area (Å²) in [5.41, 5.74) is 4.28. The highest BCUT2D eigenvalue weighted by Crippen LogP contribution is 2.45. The summed E-state index contributed by atoms with van der Waals surface area (Å²) >= 11 is 0. The van der Waals surface area contributed by atoms with Crippen molar-refractivity contribution >= 4 is 29.0 Å². The molecule has 0 spiro atoms. The first-order chi connectivity index (χ1) is 11.9. The quantitative estimate of drug-likeness (QED) is 0.598. The maximum Gasteiger partial charge on any atom is 0.311 e. The molecule has 0 saturated heterocycles. The number of benzene rings is 1. The van der Waals surface area contributed by atoms with Gasteiger partial charge in [-0.3, -0.25) is 9.59 Å². The predicted octanol–water partition coefficient (Wildman–Crippen LogP) is 4.64. The molecule has 0 N–H and O–H groups in total. The van der Waals surface area contributed by atoms with Crippen molar-refractivity contribution in [1.29, 1.82) is 0 Å². The number of rotatable bonds is 4. The molecule has 1 aliphatic rings. The van der Waals surface area contributed by atoms with Crippen molar-refractivity contribution in [2.75, 3.05) is 0 Å². The van der Waals surface area contributed by atoms with E-state index >= 15 is 0 Å². The summed E-state index contributed by atoms with van der Waals surface area (Å²) in [5.74, 6) is 0.0446. The fourth-order valence-electron chi connectivity index (χ4n) is 3.38. The molecule has 0 aliphatic heterocycles. The molecular weight excluding hydrogens is 320 g/mol. The SMILES string of the molecule is CCC(=O)Oc1c2c(c(COC(C)=O)c3c(C)coc13)C(C)CC=C2. The van der Waals surface area contributed by atoms with Gasteiger partial charge in [-0.15, -0.1) is 0 Å². The minimum atomic E-state index is -0.330. The van der Waals surface area contributed by atoms with E-state index in [0.29, 0.717) is 11.3 Å². The number of ether oxygens (including phenoxy) is 2. The van der Waals surface area contributed by atoms with Crippen LogP contribution in [0.1, 0.15) is 61.8 Å². The molecule has 3 rings (SSSR count). The number of carbonyl (C=O) groups excluding carboxylic acids is 2. The molecule has 0 radical (unpaired) electrons. The molecular formula is C20H22O5. The van der Waals surface area contributed by atoms with E-state index in [-0.39, 0.29) is 30.9 Å². The fourth-order valence-corrected chi connectivity index (χ4v) is 3.38. The van der Waals surface area contributed by atoms with Gasteiger partial charge in [0.05, 0.1) is 6.26 Å². The molecule has 1 aliphatic carbocycles. The van der Waals surface area contributed by atoms with E-state index in [2.05, 4.69) is 13.0 Å². The third-order valence-corrected chi connectivity index (χ3v) is 4.53. The van der Waals surface area contributed by atoms with Crippen molar-refractivity contribution in [3.8, 4) is 5.75 Å². The smallest absolute Gasteiger partial charge is 0.311 e. The van der Waals surface area contributed by atoms with Crippen molar-refractivity contribution in [2.24, 2.45) is 0 Å². The molecule has 25 heavy (non-hydrogen) atoms. The van der Waals surface area contributed by atoms with Gasteiger partial charge in [-0.05, 0) is 30.4 Å². The zero-order valence-corrected chi connectivity index (χ0v) is 15.0. The molecule has 132 valence electrons. The van der Waals surface area contributed by atoms with Crippen LogP contribution in [0.4, 0.5) is 0 Å². The molecule has 1 atom stereocenters. The normalized spacial score (nSPS) is 15.9. The maximum atomic E-state index is 11.9. The van der Waals surface area contributed by atoms with Crippen molar-refractivity contribution in [2.45, 2.75) is 53.1 Å². The first kappa shape index (κ1) is 17.3. The van der Waals surface area contributed by atoms with Crippen LogP contribution in [0.3, 0.4) is 0 Å². The zero-order chi connectivity index (χ0) is 18.1. The molecule has 1 aromatic heterocycles. The Morgan fingerprint density at radius 2 is 2.12 bits per heavy atom.